The summed E-state index contributed by atoms with van der Waals surface area (Å²) >= 11 is 0. The smallest absolute Gasteiger partial charge is 0.253 e. The van der Waals surface area contributed by atoms with E-state index in [1.807, 2.05) is 11.0 Å². The lowest BCUT2D eigenvalue weighted by Gasteiger charge is -2.37. The zero-order valence-electron chi connectivity index (χ0n) is 16.2. The lowest BCUT2D eigenvalue weighted by Crippen LogP contribution is -2.38. The van der Waals surface area contributed by atoms with Gasteiger partial charge in [0.05, 0.1) is 0 Å². The standard InChI is InChI=1S/C22H31N3O/c1-3-10-25-15-18-6-9-23-14-20(18)19-13-17(4-5-21(19)25)22(26)24-11-7-16(2)8-12-24/h4-5,13,16,23H,3,6-12,14-15H2,1-2H3. The van der Waals surface area contributed by atoms with E-state index in [1.165, 1.54) is 16.8 Å². The van der Waals surface area contributed by atoms with Crippen molar-refractivity contribution >= 4 is 17.2 Å². The van der Waals surface area contributed by atoms with Gasteiger partial charge in [-0.05, 0) is 67.5 Å². The van der Waals surface area contributed by atoms with Crippen molar-refractivity contribution in [3.8, 4) is 0 Å². The number of amides is 1. The fourth-order valence-corrected chi connectivity index (χ4v) is 4.55. The fraction of sp³-hybridized carbons (Fsp3) is 0.591. The Balaban J connectivity index is 1.66. The molecule has 4 rings (SSSR count). The Morgan fingerprint density at radius 3 is 2.85 bits per heavy atom. The van der Waals surface area contributed by atoms with Crippen molar-refractivity contribution in [1.29, 1.82) is 0 Å². The minimum Gasteiger partial charge on any atom is -0.367 e. The summed E-state index contributed by atoms with van der Waals surface area (Å²) in [5.74, 6) is 0.949. The van der Waals surface area contributed by atoms with Gasteiger partial charge in [-0.1, -0.05) is 13.8 Å². The molecular formula is C22H31N3O. The Kier molecular flexibility index (Phi) is 5.03. The topological polar surface area (TPSA) is 35.6 Å². The Morgan fingerprint density at radius 1 is 1.27 bits per heavy atom. The number of fused-ring (bicyclic) bond motifs is 2. The Morgan fingerprint density at radius 2 is 2.08 bits per heavy atom. The first-order valence-corrected chi connectivity index (χ1v) is 10.3. The monoisotopic (exact) mass is 353 g/mol. The Hall–Kier alpha value is -1.81. The summed E-state index contributed by atoms with van der Waals surface area (Å²) in [7, 11) is 0. The zero-order chi connectivity index (χ0) is 18.1. The number of hydrogen-bond acceptors (Lipinski definition) is 3. The van der Waals surface area contributed by atoms with E-state index in [1.54, 1.807) is 5.57 Å². The van der Waals surface area contributed by atoms with E-state index in [0.29, 0.717) is 0 Å². The van der Waals surface area contributed by atoms with E-state index in [4.69, 9.17) is 0 Å². The number of nitrogens with zero attached hydrogens (tertiary/aromatic N) is 2. The van der Waals surface area contributed by atoms with E-state index in [9.17, 15) is 4.79 Å². The van der Waals surface area contributed by atoms with Gasteiger partial charge in [0.1, 0.15) is 0 Å². The lowest BCUT2D eigenvalue weighted by atomic mass is 9.88. The predicted octanol–water partition coefficient (Wildman–Crippen LogP) is 3.54. The number of carbonyl (C=O) groups is 1. The van der Waals surface area contributed by atoms with Crippen LogP contribution in [0.25, 0.3) is 5.57 Å². The van der Waals surface area contributed by atoms with Crippen LogP contribution in [0.4, 0.5) is 5.69 Å². The molecule has 26 heavy (non-hydrogen) atoms. The third kappa shape index (κ3) is 3.27. The minimum atomic E-state index is 0.207. The number of rotatable bonds is 3. The molecule has 4 nitrogen and oxygen atoms in total. The van der Waals surface area contributed by atoms with Crippen LogP contribution in [0.3, 0.4) is 0 Å². The molecule has 1 saturated heterocycles. The SMILES string of the molecule is CCCN1CC2=C(CNCC2)c2cc(C(=O)N3CCC(C)CC3)ccc21. The summed E-state index contributed by atoms with van der Waals surface area (Å²) in [5.41, 5.74) is 6.43. The molecule has 1 aromatic rings. The molecule has 3 heterocycles. The quantitative estimate of drug-likeness (QED) is 0.903. The first kappa shape index (κ1) is 17.6. The molecule has 1 N–H and O–H groups in total. The van der Waals surface area contributed by atoms with Crippen molar-refractivity contribution in [2.24, 2.45) is 5.92 Å². The zero-order valence-corrected chi connectivity index (χ0v) is 16.2. The van der Waals surface area contributed by atoms with Gasteiger partial charge < -0.3 is 15.1 Å². The van der Waals surface area contributed by atoms with Crippen molar-refractivity contribution in [1.82, 2.24) is 10.2 Å². The van der Waals surface area contributed by atoms with Gasteiger partial charge in [0.2, 0.25) is 0 Å². The van der Waals surface area contributed by atoms with Crippen molar-refractivity contribution in [2.75, 3.05) is 44.2 Å². The highest BCUT2D eigenvalue weighted by Crippen LogP contribution is 2.37. The number of hydrogen-bond donors (Lipinski definition) is 1. The summed E-state index contributed by atoms with van der Waals surface area (Å²) in [6, 6.07) is 6.40. The van der Waals surface area contributed by atoms with Crippen LogP contribution in [0.2, 0.25) is 0 Å². The van der Waals surface area contributed by atoms with E-state index < -0.39 is 0 Å². The molecule has 3 aliphatic heterocycles. The second-order valence-corrected chi connectivity index (χ2v) is 8.14. The highest BCUT2D eigenvalue weighted by molar-refractivity contribution is 5.97. The maximum atomic E-state index is 13.0. The predicted molar refractivity (Wildman–Crippen MR) is 108 cm³/mol. The van der Waals surface area contributed by atoms with Crippen LogP contribution in [0.1, 0.15) is 55.5 Å². The van der Waals surface area contributed by atoms with Crippen LogP contribution in [0.5, 0.6) is 0 Å². The molecule has 1 amide bonds. The van der Waals surface area contributed by atoms with E-state index in [2.05, 4.69) is 36.2 Å². The maximum Gasteiger partial charge on any atom is 0.253 e. The molecule has 0 saturated carbocycles. The molecule has 3 aliphatic rings. The van der Waals surface area contributed by atoms with Crippen LogP contribution in [0.15, 0.2) is 23.8 Å². The molecule has 0 aromatic heterocycles. The second-order valence-electron chi connectivity index (χ2n) is 8.14. The number of piperidine rings is 1. The molecule has 1 fully saturated rings. The van der Waals surface area contributed by atoms with Gasteiger partial charge in [0, 0.05) is 49.5 Å². The minimum absolute atomic E-state index is 0.207. The number of likely N-dealkylation sites (tertiary alicyclic amines) is 1. The molecular weight excluding hydrogens is 322 g/mol. The third-order valence-electron chi connectivity index (χ3n) is 6.19. The summed E-state index contributed by atoms with van der Waals surface area (Å²) in [4.78, 5) is 17.6. The molecule has 0 aliphatic carbocycles. The average Bonchev–Trinajstić information content (AvgIpc) is 2.68. The van der Waals surface area contributed by atoms with Gasteiger partial charge >= 0.3 is 0 Å². The molecule has 1 aromatic carbocycles. The van der Waals surface area contributed by atoms with Gasteiger partial charge in [-0.3, -0.25) is 4.79 Å². The average molecular weight is 354 g/mol. The molecule has 0 spiro atoms. The molecule has 0 unspecified atom stereocenters. The summed E-state index contributed by atoms with van der Waals surface area (Å²) in [6.07, 6.45) is 4.52. The Labute approximate surface area is 157 Å². The molecule has 0 atom stereocenters. The van der Waals surface area contributed by atoms with Gasteiger partial charge in [0.25, 0.3) is 5.91 Å². The lowest BCUT2D eigenvalue weighted by molar-refractivity contribution is 0.0697. The van der Waals surface area contributed by atoms with E-state index in [0.717, 1.165) is 76.4 Å². The highest BCUT2D eigenvalue weighted by Gasteiger charge is 2.28. The first-order chi connectivity index (χ1) is 12.7. The van der Waals surface area contributed by atoms with Crippen LogP contribution >= 0.6 is 0 Å². The number of benzene rings is 1. The molecule has 0 radical (unpaired) electrons. The number of carbonyl (C=O) groups excluding carboxylic acids is 1. The van der Waals surface area contributed by atoms with E-state index >= 15 is 0 Å². The molecule has 4 heteroatoms. The highest BCUT2D eigenvalue weighted by atomic mass is 16.2. The third-order valence-corrected chi connectivity index (χ3v) is 6.19. The van der Waals surface area contributed by atoms with Crippen molar-refractivity contribution in [3.63, 3.8) is 0 Å². The van der Waals surface area contributed by atoms with Crippen molar-refractivity contribution < 1.29 is 4.79 Å². The summed E-state index contributed by atoms with van der Waals surface area (Å²) in [6.45, 7) is 10.4. The van der Waals surface area contributed by atoms with Crippen LogP contribution < -0.4 is 10.2 Å². The van der Waals surface area contributed by atoms with Crippen LogP contribution in [-0.4, -0.2) is 50.1 Å². The van der Waals surface area contributed by atoms with E-state index in [-0.39, 0.29) is 5.91 Å². The van der Waals surface area contributed by atoms with Crippen molar-refractivity contribution in [3.05, 3.63) is 34.9 Å². The first-order valence-electron chi connectivity index (χ1n) is 10.3. The molecule has 140 valence electrons. The number of nitrogens with one attached hydrogen (secondary N) is 1. The van der Waals surface area contributed by atoms with Crippen LogP contribution in [0, 0.1) is 5.92 Å². The van der Waals surface area contributed by atoms with Gasteiger partial charge in [-0.2, -0.15) is 0 Å². The summed E-state index contributed by atoms with van der Waals surface area (Å²) in [5, 5.41) is 3.52. The maximum absolute atomic E-state index is 13.0. The second kappa shape index (κ2) is 7.43. The fourth-order valence-electron chi connectivity index (χ4n) is 4.55. The van der Waals surface area contributed by atoms with Gasteiger partial charge in [-0.15, -0.1) is 0 Å². The number of anilines is 1. The normalized spacial score (nSPS) is 20.8. The van der Waals surface area contributed by atoms with Gasteiger partial charge in [0.15, 0.2) is 0 Å². The van der Waals surface area contributed by atoms with Crippen LogP contribution in [-0.2, 0) is 0 Å². The Bertz CT molecular complexity index is 716. The van der Waals surface area contributed by atoms with Crippen molar-refractivity contribution in [2.45, 2.75) is 39.5 Å². The molecule has 0 bridgehead atoms. The largest absolute Gasteiger partial charge is 0.367 e. The van der Waals surface area contributed by atoms with Gasteiger partial charge in [-0.25, -0.2) is 0 Å². The summed E-state index contributed by atoms with van der Waals surface area (Å²) < 4.78 is 0.